The van der Waals surface area contributed by atoms with E-state index in [1.165, 1.54) is 18.2 Å². The summed E-state index contributed by atoms with van der Waals surface area (Å²) in [4.78, 5) is 25.2. The third-order valence-corrected chi connectivity index (χ3v) is 4.64. The Morgan fingerprint density at radius 1 is 1.30 bits per heavy atom. The number of carbonyl (C=O) groups excluding carboxylic acids is 2. The van der Waals surface area contributed by atoms with E-state index in [0.717, 1.165) is 25.8 Å². The average Bonchev–Trinajstić information content (AvgIpc) is 2.71. The van der Waals surface area contributed by atoms with Crippen LogP contribution in [-0.2, 0) is 22.4 Å². The smallest absolute Gasteiger partial charge is 0.337 e. The third kappa shape index (κ3) is 2.09. The molecule has 106 valence electrons. The molecule has 1 aliphatic carbocycles. The molecule has 2 aliphatic rings. The van der Waals surface area contributed by atoms with Gasteiger partial charge in [-0.1, -0.05) is 6.07 Å². The minimum Gasteiger partial charge on any atom is -0.465 e. The SMILES string of the molecule is COC(=O)c1ccc2c(c1)CCC1(CC(=O)N(C)C1)C2. The molecule has 0 radical (unpaired) electrons. The van der Waals surface area contributed by atoms with Crippen molar-refractivity contribution in [1.29, 1.82) is 0 Å². The Bertz CT molecular complexity index is 581. The van der Waals surface area contributed by atoms with Crippen LogP contribution in [0.15, 0.2) is 18.2 Å². The summed E-state index contributed by atoms with van der Waals surface area (Å²) >= 11 is 0. The van der Waals surface area contributed by atoms with Crippen LogP contribution in [0.25, 0.3) is 0 Å². The Kier molecular flexibility index (Phi) is 3.04. The van der Waals surface area contributed by atoms with Crippen LogP contribution in [0.3, 0.4) is 0 Å². The van der Waals surface area contributed by atoms with Gasteiger partial charge < -0.3 is 9.64 Å². The van der Waals surface area contributed by atoms with E-state index in [2.05, 4.69) is 0 Å². The zero-order chi connectivity index (χ0) is 14.3. The fourth-order valence-electron chi connectivity index (χ4n) is 3.56. The van der Waals surface area contributed by atoms with Crippen LogP contribution >= 0.6 is 0 Å². The fraction of sp³-hybridized carbons (Fsp3) is 0.500. The summed E-state index contributed by atoms with van der Waals surface area (Å²) in [5.41, 5.74) is 3.21. The van der Waals surface area contributed by atoms with Gasteiger partial charge in [-0.2, -0.15) is 0 Å². The number of hydrogen-bond acceptors (Lipinski definition) is 3. The van der Waals surface area contributed by atoms with Gasteiger partial charge in [0, 0.05) is 25.4 Å². The predicted molar refractivity (Wildman–Crippen MR) is 74.5 cm³/mol. The molecule has 1 aliphatic heterocycles. The second-order valence-electron chi connectivity index (χ2n) is 6.08. The van der Waals surface area contributed by atoms with Gasteiger partial charge in [-0.3, -0.25) is 4.79 Å². The second-order valence-corrected chi connectivity index (χ2v) is 6.08. The van der Waals surface area contributed by atoms with Crippen LogP contribution in [0.4, 0.5) is 0 Å². The molecule has 1 heterocycles. The molecule has 1 unspecified atom stereocenters. The van der Waals surface area contributed by atoms with E-state index in [4.69, 9.17) is 4.74 Å². The van der Waals surface area contributed by atoms with Crippen molar-refractivity contribution in [3.63, 3.8) is 0 Å². The molecule has 1 atom stereocenters. The number of benzene rings is 1. The number of fused-ring (bicyclic) bond motifs is 1. The highest BCUT2D eigenvalue weighted by Gasteiger charge is 2.43. The Morgan fingerprint density at radius 2 is 2.10 bits per heavy atom. The number of carbonyl (C=O) groups is 2. The van der Waals surface area contributed by atoms with E-state index < -0.39 is 0 Å². The lowest BCUT2D eigenvalue weighted by molar-refractivity contribution is -0.126. The topological polar surface area (TPSA) is 46.6 Å². The molecule has 0 N–H and O–H groups in total. The summed E-state index contributed by atoms with van der Waals surface area (Å²) in [7, 11) is 3.28. The first-order valence-corrected chi connectivity index (χ1v) is 6.97. The third-order valence-electron chi connectivity index (χ3n) is 4.64. The minimum atomic E-state index is -0.288. The average molecular weight is 273 g/mol. The van der Waals surface area contributed by atoms with Gasteiger partial charge in [0.25, 0.3) is 0 Å². The van der Waals surface area contributed by atoms with Crippen molar-refractivity contribution < 1.29 is 14.3 Å². The Morgan fingerprint density at radius 3 is 2.75 bits per heavy atom. The van der Waals surface area contributed by atoms with Crippen LogP contribution in [-0.4, -0.2) is 37.5 Å². The second kappa shape index (κ2) is 4.62. The monoisotopic (exact) mass is 273 g/mol. The Hall–Kier alpha value is -1.84. The van der Waals surface area contributed by atoms with E-state index in [0.29, 0.717) is 12.0 Å². The van der Waals surface area contributed by atoms with E-state index in [9.17, 15) is 9.59 Å². The van der Waals surface area contributed by atoms with Gasteiger partial charge in [0.05, 0.1) is 12.7 Å². The van der Waals surface area contributed by atoms with Crippen LogP contribution in [0.2, 0.25) is 0 Å². The van der Waals surface area contributed by atoms with Crippen molar-refractivity contribution in [2.24, 2.45) is 5.41 Å². The first kappa shape index (κ1) is 13.2. The number of rotatable bonds is 1. The fourth-order valence-corrected chi connectivity index (χ4v) is 3.56. The van der Waals surface area contributed by atoms with Gasteiger partial charge >= 0.3 is 5.97 Å². The van der Waals surface area contributed by atoms with Crippen LogP contribution in [0.5, 0.6) is 0 Å². The van der Waals surface area contributed by atoms with Crippen LogP contribution in [0, 0.1) is 5.41 Å². The quantitative estimate of drug-likeness (QED) is 0.733. The molecule has 1 spiro atoms. The van der Waals surface area contributed by atoms with E-state index >= 15 is 0 Å². The number of methoxy groups -OCH3 is 1. The maximum absolute atomic E-state index is 11.8. The molecule has 0 bridgehead atoms. The number of esters is 1. The molecule has 1 amide bonds. The molecule has 1 fully saturated rings. The number of aryl methyl sites for hydroxylation is 1. The van der Waals surface area contributed by atoms with Gasteiger partial charge in [0.1, 0.15) is 0 Å². The molecule has 1 saturated heterocycles. The zero-order valence-corrected chi connectivity index (χ0v) is 11.9. The number of amides is 1. The lowest BCUT2D eigenvalue weighted by Crippen LogP contribution is -2.31. The molecule has 0 saturated carbocycles. The van der Waals surface area contributed by atoms with Gasteiger partial charge in [-0.15, -0.1) is 0 Å². The van der Waals surface area contributed by atoms with Gasteiger partial charge in [0.2, 0.25) is 5.91 Å². The summed E-state index contributed by atoms with van der Waals surface area (Å²) in [6.45, 7) is 0.851. The summed E-state index contributed by atoms with van der Waals surface area (Å²) in [5, 5.41) is 0. The van der Waals surface area contributed by atoms with Crippen molar-refractivity contribution in [2.45, 2.75) is 25.7 Å². The largest absolute Gasteiger partial charge is 0.465 e. The minimum absolute atomic E-state index is 0.103. The van der Waals surface area contributed by atoms with Crippen molar-refractivity contribution in [3.8, 4) is 0 Å². The Balaban J connectivity index is 1.86. The van der Waals surface area contributed by atoms with Gasteiger partial charge in [-0.25, -0.2) is 4.79 Å². The Labute approximate surface area is 118 Å². The van der Waals surface area contributed by atoms with Crippen molar-refractivity contribution >= 4 is 11.9 Å². The molecule has 3 rings (SSSR count). The highest BCUT2D eigenvalue weighted by Crippen LogP contribution is 2.42. The summed E-state index contributed by atoms with van der Waals surface area (Å²) in [6.07, 6.45) is 3.53. The highest BCUT2D eigenvalue weighted by molar-refractivity contribution is 5.89. The van der Waals surface area contributed by atoms with Crippen LogP contribution < -0.4 is 0 Å². The van der Waals surface area contributed by atoms with Crippen molar-refractivity contribution in [2.75, 3.05) is 20.7 Å². The van der Waals surface area contributed by atoms with E-state index in [-0.39, 0.29) is 17.3 Å². The van der Waals surface area contributed by atoms with Crippen molar-refractivity contribution in [3.05, 3.63) is 34.9 Å². The van der Waals surface area contributed by atoms with E-state index in [1.807, 2.05) is 30.1 Å². The first-order valence-electron chi connectivity index (χ1n) is 6.97. The molecule has 4 nitrogen and oxygen atoms in total. The normalized spacial score (nSPS) is 24.9. The highest BCUT2D eigenvalue weighted by atomic mass is 16.5. The molecular weight excluding hydrogens is 254 g/mol. The predicted octanol–water partition coefficient (Wildman–Crippen LogP) is 1.81. The molecule has 1 aromatic rings. The standard InChI is InChI=1S/C16H19NO3/c1-17-10-16(9-14(17)18)6-5-11-7-12(15(19)20-2)3-4-13(11)8-16/h3-4,7H,5-6,8-10H2,1-2H3. The summed E-state index contributed by atoms with van der Waals surface area (Å²) < 4.78 is 4.76. The van der Waals surface area contributed by atoms with E-state index in [1.54, 1.807) is 0 Å². The number of nitrogens with zero attached hydrogens (tertiary/aromatic N) is 1. The summed E-state index contributed by atoms with van der Waals surface area (Å²) in [6, 6.07) is 5.78. The van der Waals surface area contributed by atoms with Crippen molar-refractivity contribution in [1.82, 2.24) is 4.90 Å². The molecule has 0 aromatic heterocycles. The lowest BCUT2D eigenvalue weighted by Gasteiger charge is -2.34. The first-order chi connectivity index (χ1) is 9.53. The molecular formula is C16H19NO3. The molecule has 4 heteroatoms. The van der Waals surface area contributed by atoms with Gasteiger partial charge in [0.15, 0.2) is 0 Å². The lowest BCUT2D eigenvalue weighted by atomic mass is 9.71. The zero-order valence-electron chi connectivity index (χ0n) is 11.9. The van der Waals surface area contributed by atoms with Gasteiger partial charge in [-0.05, 0) is 42.5 Å². The number of ether oxygens (including phenoxy) is 1. The van der Waals surface area contributed by atoms with Crippen LogP contribution in [0.1, 0.15) is 34.3 Å². The number of likely N-dealkylation sites (tertiary alicyclic amines) is 1. The summed E-state index contributed by atoms with van der Waals surface area (Å²) in [5.74, 6) is -0.0384. The number of hydrogen-bond donors (Lipinski definition) is 0. The molecule has 20 heavy (non-hydrogen) atoms. The maximum atomic E-state index is 11.8. The maximum Gasteiger partial charge on any atom is 0.337 e. The molecule has 1 aromatic carbocycles.